The number of alkyl halides is 3. The molecule has 8 nitrogen and oxygen atoms in total. The molecule has 3 aromatic rings. The fourth-order valence-corrected chi connectivity index (χ4v) is 4.02. The molecule has 0 aliphatic heterocycles. The van der Waals surface area contributed by atoms with Crippen molar-refractivity contribution in [1.82, 2.24) is 4.98 Å². The third-order valence-electron chi connectivity index (χ3n) is 4.40. The van der Waals surface area contributed by atoms with Gasteiger partial charge in [-0.05, 0) is 37.3 Å². The van der Waals surface area contributed by atoms with Crippen LogP contribution in [0.2, 0.25) is 5.02 Å². The maximum Gasteiger partial charge on any atom is 0.435 e. The Hall–Kier alpha value is -3.35. The lowest BCUT2D eigenvalue weighted by Gasteiger charge is -2.19. The summed E-state index contributed by atoms with van der Waals surface area (Å²) in [4.78, 5) is 39.7. The fraction of sp³-hybridized carbons (Fsp3) is 0.190. The number of hydrogen-bond donors (Lipinski definition) is 0. The lowest BCUT2D eigenvalue weighted by Crippen LogP contribution is -2.33. The molecule has 2 aromatic carbocycles. The Morgan fingerprint density at radius 3 is 2.41 bits per heavy atom. The van der Waals surface area contributed by atoms with E-state index in [-0.39, 0.29) is 28.4 Å². The van der Waals surface area contributed by atoms with Gasteiger partial charge in [-0.1, -0.05) is 29.0 Å². The van der Waals surface area contributed by atoms with Crippen molar-refractivity contribution < 1.29 is 32.4 Å². The second-order valence-corrected chi connectivity index (χ2v) is 8.08. The van der Waals surface area contributed by atoms with Crippen LogP contribution >= 0.6 is 22.9 Å². The minimum atomic E-state index is -5.00. The van der Waals surface area contributed by atoms with E-state index in [9.17, 15) is 32.9 Å². The molecule has 1 heterocycles. The molecular formula is C21H15ClF3N3O5S. The summed E-state index contributed by atoms with van der Waals surface area (Å²) in [6, 6.07) is 9.90. The number of ketones is 1. The average Bonchev–Trinajstić information content (AvgIpc) is 3.24. The SMILES string of the molecule is CCOCN(C(=O)c1cccc(Cl)c1)c1nc(C(F)(F)F)c(C(=O)c2ccc([N+](=O)[O-])cc2)s1. The van der Waals surface area contributed by atoms with Crippen molar-refractivity contribution in [1.29, 1.82) is 0 Å². The van der Waals surface area contributed by atoms with Crippen molar-refractivity contribution >= 4 is 45.4 Å². The van der Waals surface area contributed by atoms with Crippen LogP contribution in [0.3, 0.4) is 0 Å². The molecule has 0 saturated heterocycles. The van der Waals surface area contributed by atoms with Crippen molar-refractivity contribution in [3.63, 3.8) is 0 Å². The maximum absolute atomic E-state index is 13.8. The van der Waals surface area contributed by atoms with E-state index in [0.717, 1.165) is 29.2 Å². The summed E-state index contributed by atoms with van der Waals surface area (Å²) in [6.07, 6.45) is -5.00. The summed E-state index contributed by atoms with van der Waals surface area (Å²) in [5, 5.41) is 10.6. The molecule has 0 saturated carbocycles. The summed E-state index contributed by atoms with van der Waals surface area (Å²) < 4.78 is 46.5. The van der Waals surface area contributed by atoms with Crippen LogP contribution in [-0.2, 0) is 10.9 Å². The first-order chi connectivity index (χ1) is 16.0. The topological polar surface area (TPSA) is 103 Å². The van der Waals surface area contributed by atoms with E-state index < -0.39 is 45.2 Å². The molecule has 0 unspecified atom stereocenters. The van der Waals surface area contributed by atoms with E-state index in [1.54, 1.807) is 6.92 Å². The van der Waals surface area contributed by atoms with Crippen molar-refractivity contribution in [2.45, 2.75) is 13.1 Å². The number of halogens is 4. The van der Waals surface area contributed by atoms with Gasteiger partial charge < -0.3 is 4.74 Å². The third kappa shape index (κ3) is 5.58. The standard InChI is InChI=1S/C21H15ClF3N3O5S/c1-2-33-11-27(19(30)13-4-3-5-14(22)10-13)20-26-18(21(23,24)25)17(34-20)16(29)12-6-8-15(9-7-12)28(31)32/h3-10H,2,11H2,1H3. The molecule has 0 aliphatic carbocycles. The number of aromatic nitrogens is 1. The zero-order chi connectivity index (χ0) is 25.0. The quantitative estimate of drug-likeness (QED) is 0.168. The number of non-ortho nitro benzene ring substituents is 1. The number of nitro benzene ring substituents is 1. The van der Waals surface area contributed by atoms with Crippen LogP contribution in [0, 0.1) is 10.1 Å². The maximum atomic E-state index is 13.8. The Morgan fingerprint density at radius 2 is 1.85 bits per heavy atom. The molecule has 1 aromatic heterocycles. The van der Waals surface area contributed by atoms with Crippen molar-refractivity contribution in [3.8, 4) is 0 Å². The minimum absolute atomic E-state index is 0.0826. The van der Waals surface area contributed by atoms with Crippen molar-refractivity contribution in [3.05, 3.63) is 85.4 Å². The molecule has 0 aliphatic rings. The molecule has 0 N–H and O–H groups in total. The number of carbonyl (C=O) groups excluding carboxylic acids is 2. The molecule has 0 spiro atoms. The first-order valence-corrected chi connectivity index (χ1v) is 10.7. The van der Waals surface area contributed by atoms with E-state index in [2.05, 4.69) is 4.98 Å². The summed E-state index contributed by atoms with van der Waals surface area (Å²) in [7, 11) is 0. The van der Waals surface area contributed by atoms with Gasteiger partial charge in [0.15, 0.2) is 10.8 Å². The van der Waals surface area contributed by atoms with Gasteiger partial charge in [0.2, 0.25) is 5.78 Å². The first-order valence-electron chi connectivity index (χ1n) is 9.55. The Labute approximate surface area is 199 Å². The number of ether oxygens (including phenoxy) is 1. The molecule has 13 heteroatoms. The molecule has 0 radical (unpaired) electrons. The van der Waals surface area contributed by atoms with Crippen LogP contribution < -0.4 is 4.90 Å². The van der Waals surface area contributed by atoms with E-state index in [1.165, 1.54) is 24.3 Å². The van der Waals surface area contributed by atoms with Crippen molar-refractivity contribution in [2.24, 2.45) is 0 Å². The van der Waals surface area contributed by atoms with Gasteiger partial charge in [0.1, 0.15) is 11.6 Å². The summed E-state index contributed by atoms with van der Waals surface area (Å²) >= 11 is 6.29. The second kappa shape index (κ2) is 10.3. The lowest BCUT2D eigenvalue weighted by molar-refractivity contribution is -0.384. The number of benzene rings is 2. The van der Waals surface area contributed by atoms with Gasteiger partial charge >= 0.3 is 6.18 Å². The smallest absolute Gasteiger partial charge is 0.361 e. The summed E-state index contributed by atoms with van der Waals surface area (Å²) in [6.45, 7) is 1.37. The highest BCUT2D eigenvalue weighted by atomic mass is 35.5. The normalized spacial score (nSPS) is 11.3. The van der Waals surface area contributed by atoms with E-state index in [0.29, 0.717) is 11.3 Å². The van der Waals surface area contributed by atoms with Crippen LogP contribution in [-0.4, -0.2) is 34.9 Å². The van der Waals surface area contributed by atoms with Gasteiger partial charge in [-0.25, -0.2) is 4.98 Å². The van der Waals surface area contributed by atoms with E-state index >= 15 is 0 Å². The zero-order valence-corrected chi connectivity index (χ0v) is 18.9. The van der Waals surface area contributed by atoms with E-state index in [1.807, 2.05) is 0 Å². The highest BCUT2D eigenvalue weighted by molar-refractivity contribution is 7.18. The Kier molecular flexibility index (Phi) is 7.64. The number of thiazole rings is 1. The number of hydrogen-bond acceptors (Lipinski definition) is 7. The fourth-order valence-electron chi connectivity index (χ4n) is 2.80. The van der Waals surface area contributed by atoms with Crippen LogP contribution in [0.1, 0.15) is 38.2 Å². The van der Waals surface area contributed by atoms with E-state index in [4.69, 9.17) is 16.3 Å². The number of amides is 1. The van der Waals surface area contributed by atoms with Gasteiger partial charge in [0.05, 0.1) is 4.92 Å². The first kappa shape index (κ1) is 25.3. The Bertz CT molecular complexity index is 1230. The van der Waals surface area contributed by atoms with Gasteiger partial charge in [-0.3, -0.25) is 24.6 Å². The molecule has 178 valence electrons. The molecule has 0 fully saturated rings. The van der Waals surface area contributed by atoms with Crippen LogP contribution in [0.15, 0.2) is 48.5 Å². The zero-order valence-electron chi connectivity index (χ0n) is 17.3. The highest BCUT2D eigenvalue weighted by Crippen LogP contribution is 2.39. The number of anilines is 1. The Balaban J connectivity index is 2.07. The molecule has 0 atom stereocenters. The number of nitro groups is 1. The highest BCUT2D eigenvalue weighted by Gasteiger charge is 2.41. The van der Waals surface area contributed by atoms with Crippen molar-refractivity contribution in [2.75, 3.05) is 18.2 Å². The molecule has 3 rings (SSSR count). The molecule has 1 amide bonds. The number of carbonyl (C=O) groups is 2. The molecule has 34 heavy (non-hydrogen) atoms. The molecule has 0 bridgehead atoms. The summed E-state index contributed by atoms with van der Waals surface area (Å²) in [5.74, 6) is -1.77. The Morgan fingerprint density at radius 1 is 1.18 bits per heavy atom. The average molecular weight is 514 g/mol. The lowest BCUT2D eigenvalue weighted by atomic mass is 10.1. The predicted octanol–water partition coefficient (Wildman–Crippen LogP) is 5.60. The number of rotatable bonds is 8. The third-order valence-corrected chi connectivity index (χ3v) is 5.72. The second-order valence-electron chi connectivity index (χ2n) is 6.67. The van der Waals surface area contributed by atoms with Gasteiger partial charge in [-0.2, -0.15) is 13.2 Å². The summed E-state index contributed by atoms with van der Waals surface area (Å²) in [5.41, 5.74) is -1.92. The van der Waals surface area contributed by atoms with Crippen LogP contribution in [0.5, 0.6) is 0 Å². The van der Waals surface area contributed by atoms with Gasteiger partial charge in [-0.15, -0.1) is 0 Å². The largest absolute Gasteiger partial charge is 0.435 e. The number of nitrogens with zero attached hydrogens (tertiary/aromatic N) is 3. The van der Waals surface area contributed by atoms with Crippen LogP contribution in [0.4, 0.5) is 24.0 Å². The molecular weight excluding hydrogens is 499 g/mol. The monoisotopic (exact) mass is 513 g/mol. The van der Waals surface area contributed by atoms with Gasteiger partial charge in [0, 0.05) is 34.9 Å². The minimum Gasteiger partial charge on any atom is -0.361 e. The predicted molar refractivity (Wildman–Crippen MR) is 118 cm³/mol. The van der Waals surface area contributed by atoms with Crippen LogP contribution in [0.25, 0.3) is 0 Å². The van der Waals surface area contributed by atoms with Gasteiger partial charge in [0.25, 0.3) is 11.6 Å².